The molecular formula is C14H28N4. The molecule has 0 radical (unpaired) electrons. The molecule has 1 fully saturated rings. The molecule has 1 atom stereocenters. The number of piperidine rings is 1. The van der Waals surface area contributed by atoms with Crippen LogP contribution < -0.4 is 5.32 Å². The van der Waals surface area contributed by atoms with Crippen LogP contribution >= 0.6 is 0 Å². The number of likely N-dealkylation sites (tertiary alicyclic amines) is 1. The van der Waals surface area contributed by atoms with E-state index in [0.29, 0.717) is 0 Å². The summed E-state index contributed by atoms with van der Waals surface area (Å²) in [5.74, 6) is 0. The van der Waals surface area contributed by atoms with Crippen LogP contribution in [0.1, 0.15) is 32.6 Å². The van der Waals surface area contributed by atoms with Gasteiger partial charge >= 0.3 is 0 Å². The lowest BCUT2D eigenvalue weighted by molar-refractivity contribution is 0.142. The predicted molar refractivity (Wildman–Crippen MR) is 75.5 cm³/mol. The van der Waals surface area contributed by atoms with Gasteiger partial charge in [-0.25, -0.2) is 0 Å². The van der Waals surface area contributed by atoms with Crippen molar-refractivity contribution in [3.05, 3.63) is 0 Å². The summed E-state index contributed by atoms with van der Waals surface area (Å²) in [4.78, 5) is 4.87. The highest BCUT2D eigenvalue weighted by Gasteiger charge is 2.23. The third-order valence-electron chi connectivity index (χ3n) is 4.24. The van der Waals surface area contributed by atoms with Gasteiger partial charge in [-0.1, -0.05) is 0 Å². The first-order chi connectivity index (χ1) is 8.50. The molecule has 1 N–H and O–H groups in total. The zero-order chi connectivity index (χ0) is 13.6. The molecular weight excluding hydrogens is 224 g/mol. The Kier molecular flexibility index (Phi) is 6.07. The van der Waals surface area contributed by atoms with Crippen molar-refractivity contribution in [2.45, 2.75) is 44.2 Å². The summed E-state index contributed by atoms with van der Waals surface area (Å²) in [5.41, 5.74) is -0.359. The van der Waals surface area contributed by atoms with Gasteiger partial charge in [-0.15, -0.1) is 0 Å². The molecule has 0 aliphatic carbocycles. The van der Waals surface area contributed by atoms with Crippen LogP contribution in [0.3, 0.4) is 0 Å². The Hall–Kier alpha value is -0.630. The van der Waals surface area contributed by atoms with E-state index in [1.54, 1.807) is 0 Å². The van der Waals surface area contributed by atoms with Gasteiger partial charge in [0.25, 0.3) is 0 Å². The van der Waals surface area contributed by atoms with Crippen molar-refractivity contribution in [2.75, 3.05) is 40.8 Å². The topological polar surface area (TPSA) is 42.3 Å². The van der Waals surface area contributed by atoms with Gasteiger partial charge in [-0.05, 0) is 73.4 Å². The fourth-order valence-corrected chi connectivity index (χ4v) is 2.55. The largest absolute Gasteiger partial charge is 0.306 e. The molecule has 1 rings (SSSR count). The van der Waals surface area contributed by atoms with Gasteiger partial charge in [0, 0.05) is 6.04 Å². The van der Waals surface area contributed by atoms with Crippen molar-refractivity contribution in [3.63, 3.8) is 0 Å². The molecule has 18 heavy (non-hydrogen) atoms. The molecule has 0 aromatic carbocycles. The van der Waals surface area contributed by atoms with Crippen molar-refractivity contribution in [2.24, 2.45) is 0 Å². The second kappa shape index (κ2) is 7.08. The SMILES string of the molecule is CNC(C)(C#N)CCCN1CCC(N(C)C)CC1. The van der Waals surface area contributed by atoms with Crippen molar-refractivity contribution >= 4 is 0 Å². The highest BCUT2D eigenvalue weighted by atomic mass is 15.2. The first kappa shape index (κ1) is 15.4. The molecule has 0 amide bonds. The molecule has 0 aromatic rings. The molecule has 1 unspecified atom stereocenters. The first-order valence-corrected chi connectivity index (χ1v) is 6.99. The Morgan fingerprint density at radius 2 is 2.00 bits per heavy atom. The van der Waals surface area contributed by atoms with E-state index >= 15 is 0 Å². The number of nitrogens with one attached hydrogen (secondary N) is 1. The summed E-state index contributed by atoms with van der Waals surface area (Å²) < 4.78 is 0. The summed E-state index contributed by atoms with van der Waals surface area (Å²) in [6.07, 6.45) is 4.56. The molecule has 1 saturated heterocycles. The van der Waals surface area contributed by atoms with E-state index in [-0.39, 0.29) is 5.54 Å². The van der Waals surface area contributed by atoms with Crippen molar-refractivity contribution < 1.29 is 0 Å². The van der Waals surface area contributed by atoms with Gasteiger partial charge in [-0.3, -0.25) is 0 Å². The van der Waals surface area contributed by atoms with Gasteiger partial charge in [0.05, 0.1) is 6.07 Å². The zero-order valence-electron chi connectivity index (χ0n) is 12.4. The normalized spacial score (nSPS) is 21.8. The highest BCUT2D eigenvalue weighted by molar-refractivity contribution is 5.02. The van der Waals surface area contributed by atoms with Crippen LogP contribution in [0.25, 0.3) is 0 Å². The molecule has 1 aliphatic heterocycles. The van der Waals surface area contributed by atoms with Crippen molar-refractivity contribution in [3.8, 4) is 6.07 Å². The highest BCUT2D eigenvalue weighted by Crippen LogP contribution is 2.16. The van der Waals surface area contributed by atoms with Gasteiger partial charge in [0.15, 0.2) is 0 Å². The minimum Gasteiger partial charge on any atom is -0.306 e. The molecule has 104 valence electrons. The van der Waals surface area contributed by atoms with Crippen LogP contribution in [0.4, 0.5) is 0 Å². The van der Waals surface area contributed by atoms with E-state index in [0.717, 1.165) is 25.4 Å². The summed E-state index contributed by atoms with van der Waals surface area (Å²) >= 11 is 0. The summed E-state index contributed by atoms with van der Waals surface area (Å²) in [6.45, 7) is 5.50. The molecule has 4 heteroatoms. The second-order valence-corrected chi connectivity index (χ2v) is 5.83. The van der Waals surface area contributed by atoms with Gasteiger partial charge in [0.2, 0.25) is 0 Å². The van der Waals surface area contributed by atoms with E-state index < -0.39 is 0 Å². The van der Waals surface area contributed by atoms with Crippen LogP contribution in [-0.2, 0) is 0 Å². The van der Waals surface area contributed by atoms with E-state index in [1.165, 1.54) is 25.9 Å². The third kappa shape index (κ3) is 4.56. The van der Waals surface area contributed by atoms with E-state index in [2.05, 4.69) is 35.3 Å². The summed E-state index contributed by atoms with van der Waals surface area (Å²) in [6, 6.07) is 3.10. The van der Waals surface area contributed by atoms with Crippen molar-refractivity contribution in [1.29, 1.82) is 5.26 Å². The third-order valence-corrected chi connectivity index (χ3v) is 4.24. The quantitative estimate of drug-likeness (QED) is 0.773. The average molecular weight is 252 g/mol. The van der Waals surface area contributed by atoms with E-state index in [4.69, 9.17) is 5.26 Å². The molecule has 0 spiro atoms. The van der Waals surface area contributed by atoms with Crippen LogP contribution in [0.15, 0.2) is 0 Å². The minimum atomic E-state index is -0.359. The van der Waals surface area contributed by atoms with Crippen LogP contribution in [0.2, 0.25) is 0 Å². The fourth-order valence-electron chi connectivity index (χ4n) is 2.55. The summed E-state index contributed by atoms with van der Waals surface area (Å²) in [5, 5.41) is 12.2. The second-order valence-electron chi connectivity index (χ2n) is 5.83. The van der Waals surface area contributed by atoms with Gasteiger partial charge in [0.1, 0.15) is 5.54 Å². The summed E-state index contributed by atoms with van der Waals surface area (Å²) in [7, 11) is 6.21. The Morgan fingerprint density at radius 3 is 2.44 bits per heavy atom. The maximum atomic E-state index is 9.09. The Bertz CT molecular complexity index is 276. The number of rotatable bonds is 6. The van der Waals surface area contributed by atoms with Gasteiger partial charge in [-0.2, -0.15) is 5.26 Å². The average Bonchev–Trinajstić information content (AvgIpc) is 2.39. The predicted octanol–water partition coefficient (Wildman–Crippen LogP) is 1.29. The molecule has 1 aliphatic rings. The minimum absolute atomic E-state index is 0.359. The molecule has 0 bridgehead atoms. The lowest BCUT2D eigenvalue weighted by Crippen LogP contribution is -2.43. The number of hydrogen-bond acceptors (Lipinski definition) is 4. The molecule has 4 nitrogen and oxygen atoms in total. The molecule has 1 heterocycles. The number of nitrogens with zero attached hydrogens (tertiary/aromatic N) is 3. The van der Waals surface area contributed by atoms with Crippen LogP contribution in [0, 0.1) is 11.3 Å². The maximum Gasteiger partial charge on any atom is 0.103 e. The zero-order valence-corrected chi connectivity index (χ0v) is 12.4. The standard InChI is InChI=1S/C14H28N4/c1-14(12-15,16-2)8-5-9-18-10-6-13(7-11-18)17(3)4/h13,16H,5-11H2,1-4H3. The Morgan fingerprint density at radius 1 is 1.39 bits per heavy atom. The van der Waals surface area contributed by atoms with Gasteiger partial charge < -0.3 is 15.1 Å². The Labute approximate surface area is 112 Å². The lowest BCUT2D eigenvalue weighted by atomic mass is 9.97. The fraction of sp³-hybridized carbons (Fsp3) is 0.929. The van der Waals surface area contributed by atoms with Crippen LogP contribution in [0.5, 0.6) is 0 Å². The lowest BCUT2D eigenvalue weighted by Gasteiger charge is -2.35. The smallest absolute Gasteiger partial charge is 0.103 e. The maximum absolute atomic E-state index is 9.09. The van der Waals surface area contributed by atoms with Crippen molar-refractivity contribution in [1.82, 2.24) is 15.1 Å². The van der Waals surface area contributed by atoms with Crippen LogP contribution in [-0.4, -0.2) is 62.2 Å². The molecule has 0 saturated carbocycles. The molecule has 0 aromatic heterocycles. The van der Waals surface area contributed by atoms with E-state index in [1.807, 2.05) is 14.0 Å². The number of nitriles is 1. The number of hydrogen-bond donors (Lipinski definition) is 1. The Balaban J connectivity index is 2.21. The first-order valence-electron chi connectivity index (χ1n) is 6.99. The monoisotopic (exact) mass is 252 g/mol. The van der Waals surface area contributed by atoms with E-state index in [9.17, 15) is 0 Å².